The van der Waals surface area contributed by atoms with Crippen LogP contribution in [0.1, 0.15) is 18.1 Å². The van der Waals surface area contributed by atoms with E-state index in [1.165, 1.54) is 11.1 Å². The van der Waals surface area contributed by atoms with Crippen LogP contribution in [0.3, 0.4) is 0 Å². The molecule has 0 saturated heterocycles. The van der Waals surface area contributed by atoms with Gasteiger partial charge in [-0.1, -0.05) is 36.8 Å². The molecule has 0 aromatic heterocycles. The molecule has 0 aliphatic carbocycles. The number of likely N-dealkylation sites (N-methyl/N-ethyl adjacent to an activating group) is 2. The van der Waals surface area contributed by atoms with Crippen LogP contribution in [0.15, 0.2) is 24.3 Å². The summed E-state index contributed by atoms with van der Waals surface area (Å²) in [5, 5.41) is 12.9. The van der Waals surface area contributed by atoms with Crippen LogP contribution in [0.2, 0.25) is 0 Å². The molecule has 1 aromatic rings. The molecule has 0 fully saturated rings. The Morgan fingerprint density at radius 3 is 2.53 bits per heavy atom. The second kappa shape index (κ2) is 7.43. The van der Waals surface area contributed by atoms with Crippen molar-refractivity contribution in [2.45, 2.75) is 26.5 Å². The molecule has 1 atom stereocenters. The molecule has 96 valence electrons. The molecule has 0 bridgehead atoms. The van der Waals surface area contributed by atoms with Gasteiger partial charge in [-0.2, -0.15) is 0 Å². The summed E-state index contributed by atoms with van der Waals surface area (Å²) >= 11 is 0. The number of aryl methyl sites for hydroxylation is 1. The third-order valence-electron chi connectivity index (χ3n) is 2.73. The van der Waals surface area contributed by atoms with E-state index >= 15 is 0 Å². The van der Waals surface area contributed by atoms with Crippen LogP contribution in [-0.4, -0.2) is 42.8 Å². The fourth-order valence-electron chi connectivity index (χ4n) is 1.80. The highest BCUT2D eigenvalue weighted by Crippen LogP contribution is 2.06. The predicted molar refractivity (Wildman–Crippen MR) is 72.1 cm³/mol. The maximum Gasteiger partial charge on any atom is 0.0791 e. The molecular formula is C14H24N2O. The highest BCUT2D eigenvalue weighted by molar-refractivity contribution is 5.21. The number of nitrogens with one attached hydrogen (secondary N) is 1. The van der Waals surface area contributed by atoms with Gasteiger partial charge < -0.3 is 10.4 Å². The molecule has 0 aliphatic heterocycles. The minimum absolute atomic E-state index is 0.301. The summed E-state index contributed by atoms with van der Waals surface area (Å²) in [7, 11) is 2.04. The third-order valence-corrected chi connectivity index (χ3v) is 2.73. The number of benzene rings is 1. The molecule has 17 heavy (non-hydrogen) atoms. The van der Waals surface area contributed by atoms with Gasteiger partial charge in [0, 0.05) is 19.6 Å². The Bertz CT molecular complexity index is 311. The van der Waals surface area contributed by atoms with Crippen molar-refractivity contribution >= 4 is 0 Å². The van der Waals surface area contributed by atoms with Gasteiger partial charge in [-0.3, -0.25) is 4.90 Å². The molecule has 1 aromatic carbocycles. The first-order valence-corrected chi connectivity index (χ1v) is 6.24. The molecule has 0 radical (unpaired) electrons. The summed E-state index contributed by atoms with van der Waals surface area (Å²) in [4.78, 5) is 2.15. The van der Waals surface area contributed by atoms with Crippen LogP contribution in [0.4, 0.5) is 0 Å². The van der Waals surface area contributed by atoms with Crippen LogP contribution in [0.5, 0.6) is 0 Å². The van der Waals surface area contributed by atoms with Gasteiger partial charge in [-0.25, -0.2) is 0 Å². The first-order valence-electron chi connectivity index (χ1n) is 6.24. The van der Waals surface area contributed by atoms with Crippen LogP contribution < -0.4 is 5.32 Å². The van der Waals surface area contributed by atoms with Crippen molar-refractivity contribution in [1.82, 2.24) is 10.2 Å². The van der Waals surface area contributed by atoms with E-state index in [9.17, 15) is 5.11 Å². The zero-order chi connectivity index (χ0) is 12.7. The fraction of sp³-hybridized carbons (Fsp3) is 0.571. The van der Waals surface area contributed by atoms with Crippen molar-refractivity contribution in [1.29, 1.82) is 0 Å². The first-order chi connectivity index (χ1) is 8.11. The summed E-state index contributed by atoms with van der Waals surface area (Å²) in [6.07, 6.45) is -0.301. The third kappa shape index (κ3) is 5.82. The van der Waals surface area contributed by atoms with Gasteiger partial charge in [0.05, 0.1) is 6.10 Å². The number of hydrogen-bond acceptors (Lipinski definition) is 3. The van der Waals surface area contributed by atoms with Crippen LogP contribution >= 0.6 is 0 Å². The van der Waals surface area contributed by atoms with Gasteiger partial charge in [-0.15, -0.1) is 0 Å². The fourth-order valence-corrected chi connectivity index (χ4v) is 1.80. The van der Waals surface area contributed by atoms with Crippen LogP contribution in [-0.2, 0) is 6.54 Å². The van der Waals surface area contributed by atoms with Crippen molar-refractivity contribution in [3.05, 3.63) is 35.4 Å². The average Bonchev–Trinajstić information content (AvgIpc) is 2.29. The van der Waals surface area contributed by atoms with E-state index in [0.29, 0.717) is 13.1 Å². The molecule has 0 heterocycles. The van der Waals surface area contributed by atoms with E-state index in [1.807, 2.05) is 14.0 Å². The van der Waals surface area contributed by atoms with E-state index < -0.39 is 0 Å². The van der Waals surface area contributed by atoms with Crippen molar-refractivity contribution < 1.29 is 5.11 Å². The topological polar surface area (TPSA) is 35.5 Å². The maximum atomic E-state index is 9.77. The quantitative estimate of drug-likeness (QED) is 0.751. The number of hydrogen-bond donors (Lipinski definition) is 2. The molecule has 3 heteroatoms. The smallest absolute Gasteiger partial charge is 0.0791 e. The van der Waals surface area contributed by atoms with Crippen molar-refractivity contribution in [2.75, 3.05) is 26.7 Å². The van der Waals surface area contributed by atoms with Gasteiger partial charge in [0.15, 0.2) is 0 Å². The summed E-state index contributed by atoms with van der Waals surface area (Å²) in [6, 6.07) is 8.53. The molecule has 3 nitrogen and oxygen atoms in total. The van der Waals surface area contributed by atoms with E-state index in [0.717, 1.165) is 13.1 Å². The van der Waals surface area contributed by atoms with Crippen molar-refractivity contribution in [2.24, 2.45) is 0 Å². The van der Waals surface area contributed by atoms with Gasteiger partial charge in [-0.05, 0) is 26.1 Å². The SMILES string of the molecule is CCNCC(O)CN(C)Cc1ccc(C)cc1. The highest BCUT2D eigenvalue weighted by Gasteiger charge is 2.07. The van der Waals surface area contributed by atoms with Crippen LogP contribution in [0.25, 0.3) is 0 Å². The van der Waals surface area contributed by atoms with Gasteiger partial charge in [0.1, 0.15) is 0 Å². The van der Waals surface area contributed by atoms with E-state index in [4.69, 9.17) is 0 Å². The number of nitrogens with zero attached hydrogens (tertiary/aromatic N) is 1. The Morgan fingerprint density at radius 1 is 1.29 bits per heavy atom. The molecule has 0 amide bonds. The lowest BCUT2D eigenvalue weighted by Gasteiger charge is -2.20. The monoisotopic (exact) mass is 236 g/mol. The zero-order valence-corrected chi connectivity index (χ0v) is 11.1. The van der Waals surface area contributed by atoms with Crippen molar-refractivity contribution in [3.63, 3.8) is 0 Å². The Labute approximate surface area is 104 Å². The lowest BCUT2D eigenvalue weighted by molar-refractivity contribution is 0.122. The second-order valence-corrected chi connectivity index (χ2v) is 4.64. The lowest BCUT2D eigenvalue weighted by atomic mass is 10.1. The molecular weight excluding hydrogens is 212 g/mol. The summed E-state index contributed by atoms with van der Waals surface area (Å²) in [5.74, 6) is 0. The van der Waals surface area contributed by atoms with Crippen molar-refractivity contribution in [3.8, 4) is 0 Å². The second-order valence-electron chi connectivity index (χ2n) is 4.64. The first kappa shape index (κ1) is 14.2. The van der Waals surface area contributed by atoms with E-state index in [1.54, 1.807) is 0 Å². The lowest BCUT2D eigenvalue weighted by Crippen LogP contribution is -2.36. The minimum Gasteiger partial charge on any atom is -0.390 e. The molecule has 0 spiro atoms. The Hall–Kier alpha value is -0.900. The largest absolute Gasteiger partial charge is 0.390 e. The zero-order valence-electron chi connectivity index (χ0n) is 11.1. The Kier molecular flexibility index (Phi) is 6.19. The number of aliphatic hydroxyl groups is 1. The van der Waals surface area contributed by atoms with E-state index in [-0.39, 0.29) is 6.10 Å². The minimum atomic E-state index is -0.301. The Balaban J connectivity index is 2.33. The molecule has 2 N–H and O–H groups in total. The van der Waals surface area contributed by atoms with E-state index in [2.05, 4.69) is 41.4 Å². The highest BCUT2D eigenvalue weighted by atomic mass is 16.3. The van der Waals surface area contributed by atoms with Crippen LogP contribution in [0, 0.1) is 6.92 Å². The molecule has 1 unspecified atom stereocenters. The number of aliphatic hydroxyl groups excluding tert-OH is 1. The van der Waals surface area contributed by atoms with Gasteiger partial charge in [0.25, 0.3) is 0 Å². The molecule has 1 rings (SSSR count). The Morgan fingerprint density at radius 2 is 1.94 bits per heavy atom. The number of rotatable bonds is 7. The normalized spacial score (nSPS) is 13.0. The average molecular weight is 236 g/mol. The molecule has 0 aliphatic rings. The summed E-state index contributed by atoms with van der Waals surface area (Å²) in [5.41, 5.74) is 2.57. The standard InChI is InChI=1S/C14H24N2O/c1-4-15-9-14(17)11-16(3)10-13-7-5-12(2)6-8-13/h5-8,14-15,17H,4,9-11H2,1-3H3. The predicted octanol–water partition coefficient (Wildman–Crippen LogP) is 1.40. The van der Waals surface area contributed by atoms with Gasteiger partial charge >= 0.3 is 0 Å². The van der Waals surface area contributed by atoms with Gasteiger partial charge in [0.2, 0.25) is 0 Å². The maximum absolute atomic E-state index is 9.77. The summed E-state index contributed by atoms with van der Waals surface area (Å²) < 4.78 is 0. The molecule has 0 saturated carbocycles. The summed E-state index contributed by atoms with van der Waals surface area (Å²) in [6.45, 7) is 7.27.